The van der Waals surface area contributed by atoms with Crippen LogP contribution in [0.5, 0.6) is 0 Å². The van der Waals surface area contributed by atoms with Gasteiger partial charge in [-0.05, 0) is 22.9 Å². The maximum Gasteiger partial charge on any atom is 0.335 e. The van der Waals surface area contributed by atoms with Crippen LogP contribution in [0.1, 0.15) is 25.7 Å². The average molecular weight is 1040 g/mol. The van der Waals surface area contributed by atoms with E-state index in [4.69, 9.17) is 75.9 Å². The van der Waals surface area contributed by atoms with Crippen LogP contribution in [0.15, 0.2) is 29.4 Å². The van der Waals surface area contributed by atoms with Gasteiger partial charge in [0, 0.05) is 37.8 Å². The van der Waals surface area contributed by atoms with Gasteiger partial charge in [-0.2, -0.15) is 0 Å². The smallest absolute Gasteiger partial charge is 0.335 e. The molecule has 0 radical (unpaired) electrons. The number of hydroxylamine groups is 2. The Kier molecular flexibility index (Phi) is 45.2. The van der Waals surface area contributed by atoms with Crippen LogP contribution >= 0.6 is 21.6 Å². The van der Waals surface area contributed by atoms with Crippen molar-refractivity contribution in [1.29, 1.82) is 0 Å². The lowest BCUT2D eigenvalue weighted by Crippen LogP contribution is -2.32. The number of nitrogens with zero attached hydrogens (tertiary/aromatic N) is 2. The van der Waals surface area contributed by atoms with E-state index in [1.54, 1.807) is 27.8 Å². The summed E-state index contributed by atoms with van der Waals surface area (Å²) in [6, 6.07) is 5.76. The average Bonchev–Trinajstić information content (AvgIpc) is 3.68. The molecule has 23 nitrogen and oxygen atoms in total. The van der Waals surface area contributed by atoms with Crippen LogP contribution in [-0.4, -0.2) is 244 Å². The number of nitrogens with one attached hydrogen (secondary N) is 1. The molecule has 70 heavy (non-hydrogen) atoms. The van der Waals surface area contributed by atoms with Crippen molar-refractivity contribution in [1.82, 2.24) is 15.4 Å². The van der Waals surface area contributed by atoms with Gasteiger partial charge in [0.1, 0.15) is 5.03 Å². The summed E-state index contributed by atoms with van der Waals surface area (Å²) in [6.45, 7) is 13.5. The molecule has 0 atom stereocenters. The van der Waals surface area contributed by atoms with Crippen molar-refractivity contribution in [3.63, 3.8) is 0 Å². The molecule has 1 aliphatic rings. The Hall–Kier alpha value is -2.67. The zero-order chi connectivity index (χ0) is 49.9. The molecular weight excluding hydrogens is 967 g/mol. The van der Waals surface area contributed by atoms with Crippen LogP contribution in [0.25, 0.3) is 0 Å². The summed E-state index contributed by atoms with van der Waals surface area (Å²) in [5.74, 6) is -1.01. The molecule has 1 saturated heterocycles. The quantitative estimate of drug-likeness (QED) is 0.0553. The topological polar surface area (TPSA) is 244 Å². The minimum absolute atomic E-state index is 0.00847. The first-order valence-corrected chi connectivity index (χ1v) is 26.1. The summed E-state index contributed by atoms with van der Waals surface area (Å²) >= 11 is 0. The van der Waals surface area contributed by atoms with Gasteiger partial charge in [-0.15, -0.1) is 5.06 Å². The molecule has 2 heterocycles. The Labute approximate surface area is 420 Å². The zero-order valence-corrected chi connectivity index (χ0v) is 42.3. The Balaban J connectivity index is 1.12. The number of imide groups is 1. The lowest BCUT2D eigenvalue weighted by molar-refractivity contribution is -0.198. The van der Waals surface area contributed by atoms with Crippen LogP contribution in [0, 0.1) is 0 Å². The van der Waals surface area contributed by atoms with Crippen LogP contribution in [0.2, 0.25) is 0 Å². The fraction of sp³-hybridized carbons (Fsp3) is 0.800. The summed E-state index contributed by atoms with van der Waals surface area (Å²) in [5, 5.41) is 4.30. The summed E-state index contributed by atoms with van der Waals surface area (Å²) in [7, 11) is 3.18. The van der Waals surface area contributed by atoms with Gasteiger partial charge in [0.25, 0.3) is 11.8 Å². The standard InChI is InChI=1S/C45H77N3O20S2/c49-41(7-40-69-70-42-3-1-2-8-47-42)46-9-11-54-13-15-56-17-19-58-21-23-60-25-27-62-29-31-64-33-35-66-37-39-67-38-36-65-34-32-63-30-28-61-26-24-59-22-20-57-18-16-55-14-12-53-10-6-45(52)68-48-43(50)4-5-44(48)51/h1-3,8H,4-7,9-40H2,(H,46,49). The SMILES string of the molecule is O=C(CCSSc1ccccn1)NCCOCCOCCOCCOCCOCCOCCOCCOCCOCCOCCOCCOCCOCCOCCOCCC(=O)ON1C(=O)CCC1=O. The predicted octanol–water partition coefficient (Wildman–Crippen LogP) is 1.57. The molecule has 1 aromatic heterocycles. The van der Waals surface area contributed by atoms with Crippen molar-refractivity contribution in [2.75, 3.05) is 211 Å². The molecule has 0 aromatic carbocycles. The van der Waals surface area contributed by atoms with Gasteiger partial charge >= 0.3 is 5.97 Å². The Morgan fingerprint density at radius 1 is 0.457 bits per heavy atom. The third-order valence-electron chi connectivity index (χ3n) is 8.62. The van der Waals surface area contributed by atoms with Crippen molar-refractivity contribution < 1.29 is 95.1 Å². The van der Waals surface area contributed by atoms with Crippen molar-refractivity contribution in [2.24, 2.45) is 0 Å². The van der Waals surface area contributed by atoms with Gasteiger partial charge in [-0.1, -0.05) is 16.9 Å². The van der Waals surface area contributed by atoms with E-state index in [2.05, 4.69) is 10.3 Å². The van der Waals surface area contributed by atoms with Crippen LogP contribution in [0.4, 0.5) is 0 Å². The minimum atomic E-state index is -0.704. The van der Waals surface area contributed by atoms with Gasteiger partial charge in [-0.3, -0.25) is 14.4 Å². The normalized spacial score (nSPS) is 12.7. The first-order chi connectivity index (χ1) is 34.6. The van der Waals surface area contributed by atoms with Crippen molar-refractivity contribution in [2.45, 2.75) is 30.7 Å². The lowest BCUT2D eigenvalue weighted by atomic mass is 10.4. The third-order valence-corrected chi connectivity index (χ3v) is 10.9. The van der Waals surface area contributed by atoms with Gasteiger partial charge < -0.3 is 81.2 Å². The molecule has 0 bridgehead atoms. The number of rotatable bonds is 54. The van der Waals surface area contributed by atoms with E-state index in [0.29, 0.717) is 209 Å². The van der Waals surface area contributed by atoms with Crippen LogP contribution in [-0.2, 0) is 95.1 Å². The molecular formula is C45H77N3O20S2. The molecule has 25 heteroatoms. The van der Waals surface area contributed by atoms with E-state index in [0.717, 1.165) is 5.03 Å². The monoisotopic (exact) mass is 1040 g/mol. The number of ether oxygens (including phenoxy) is 15. The summed E-state index contributed by atoms with van der Waals surface area (Å²) < 4.78 is 82.1. The number of hydrogen-bond donors (Lipinski definition) is 1. The summed E-state index contributed by atoms with van der Waals surface area (Å²) in [6.07, 6.45) is 2.23. The fourth-order valence-corrected chi connectivity index (χ4v) is 6.99. The maximum atomic E-state index is 11.9. The molecule has 1 fully saturated rings. The van der Waals surface area contributed by atoms with Crippen LogP contribution in [0.3, 0.4) is 0 Å². The first-order valence-electron chi connectivity index (χ1n) is 23.8. The maximum absolute atomic E-state index is 11.9. The minimum Gasteiger partial charge on any atom is -0.378 e. The van der Waals surface area contributed by atoms with E-state index < -0.39 is 17.8 Å². The molecule has 1 aliphatic heterocycles. The second kappa shape index (κ2) is 49.9. The highest BCUT2D eigenvalue weighted by Crippen LogP contribution is 2.29. The third kappa shape index (κ3) is 41.9. The molecule has 0 aliphatic carbocycles. The van der Waals surface area contributed by atoms with E-state index in [1.807, 2.05) is 18.2 Å². The second-order valence-corrected chi connectivity index (χ2v) is 16.6. The highest BCUT2D eigenvalue weighted by atomic mass is 33.1. The number of carbonyl (C=O) groups is 4. The Morgan fingerprint density at radius 3 is 1.11 bits per heavy atom. The fourth-order valence-electron chi connectivity index (χ4n) is 5.13. The highest BCUT2D eigenvalue weighted by molar-refractivity contribution is 8.76. The lowest BCUT2D eigenvalue weighted by Gasteiger charge is -2.12. The molecule has 3 amide bonds. The largest absolute Gasteiger partial charge is 0.378 e. The van der Waals surface area contributed by atoms with Gasteiger partial charge in [-0.25, -0.2) is 9.78 Å². The number of aromatic nitrogens is 1. The molecule has 0 unspecified atom stereocenters. The van der Waals surface area contributed by atoms with Gasteiger partial charge in [0.15, 0.2) is 0 Å². The molecule has 404 valence electrons. The van der Waals surface area contributed by atoms with Gasteiger partial charge in [0.05, 0.1) is 205 Å². The highest BCUT2D eigenvalue weighted by Gasteiger charge is 2.32. The molecule has 0 spiro atoms. The summed E-state index contributed by atoms with van der Waals surface area (Å²) in [5.41, 5.74) is 0. The molecule has 1 aromatic rings. The predicted molar refractivity (Wildman–Crippen MR) is 254 cm³/mol. The van der Waals surface area contributed by atoms with E-state index in [1.165, 1.54) is 0 Å². The number of amides is 3. The van der Waals surface area contributed by atoms with E-state index in [9.17, 15) is 19.2 Å². The van der Waals surface area contributed by atoms with E-state index in [-0.39, 0.29) is 38.4 Å². The zero-order valence-electron chi connectivity index (χ0n) is 40.6. The Bertz CT molecular complexity index is 1370. The van der Waals surface area contributed by atoms with E-state index >= 15 is 0 Å². The number of hydrogen-bond acceptors (Lipinski definition) is 23. The first kappa shape index (κ1) is 63.4. The number of carbonyl (C=O) groups excluding carboxylic acids is 4. The van der Waals surface area contributed by atoms with Crippen molar-refractivity contribution in [3.8, 4) is 0 Å². The van der Waals surface area contributed by atoms with Crippen LogP contribution < -0.4 is 5.32 Å². The van der Waals surface area contributed by atoms with Crippen molar-refractivity contribution >= 4 is 45.3 Å². The Morgan fingerprint density at radius 2 is 0.786 bits per heavy atom. The molecule has 2 rings (SSSR count). The summed E-state index contributed by atoms with van der Waals surface area (Å²) in [4.78, 5) is 55.4. The second-order valence-electron chi connectivity index (χ2n) is 14.2. The van der Waals surface area contributed by atoms with Gasteiger partial charge in [0.2, 0.25) is 5.91 Å². The molecule has 1 N–H and O–H groups in total. The number of pyridine rings is 1. The molecule has 0 saturated carbocycles. The van der Waals surface area contributed by atoms with Crippen molar-refractivity contribution in [3.05, 3.63) is 24.4 Å².